The van der Waals surface area contributed by atoms with Crippen LogP contribution in [-0.4, -0.2) is 136 Å². The number of unbranched alkanes of at least 4 members (excludes halogenated alkanes) is 30. The van der Waals surface area contributed by atoms with Gasteiger partial charge in [-0.25, -0.2) is 0 Å². The fourth-order valence-corrected chi connectivity index (χ4v) is 18.6. The van der Waals surface area contributed by atoms with Crippen LogP contribution < -0.4 is 16.4 Å². The third-order valence-corrected chi connectivity index (χ3v) is 25.9. The first kappa shape index (κ1) is 102. The van der Waals surface area contributed by atoms with Gasteiger partial charge in [-0.05, 0) is 158 Å². The van der Waals surface area contributed by atoms with E-state index in [1.807, 2.05) is 0 Å². The van der Waals surface area contributed by atoms with Crippen LogP contribution in [0.1, 0.15) is 417 Å². The van der Waals surface area contributed by atoms with Crippen LogP contribution in [0.4, 0.5) is 0 Å². The average Bonchev–Trinajstić information content (AvgIpc) is 0.789. The number of amides is 2. The summed E-state index contributed by atoms with van der Waals surface area (Å²) in [4.78, 5) is 134. The van der Waals surface area contributed by atoms with Crippen LogP contribution in [0.3, 0.4) is 0 Å². The number of piperidine rings is 2. The zero-order valence-electron chi connectivity index (χ0n) is 73.4. The molecule has 4 fully saturated rings. The van der Waals surface area contributed by atoms with Crippen LogP contribution in [-0.2, 0) is 70.3 Å². The summed E-state index contributed by atoms with van der Waals surface area (Å²) in [6, 6.07) is 13.8. The van der Waals surface area contributed by atoms with Crippen molar-refractivity contribution in [3.8, 4) is 0 Å². The summed E-state index contributed by atoms with van der Waals surface area (Å²) in [5.74, 6) is -2.82. The number of nitrogens with one attached hydrogen (secondary N) is 2. The van der Waals surface area contributed by atoms with Gasteiger partial charge in [0.2, 0.25) is 11.6 Å². The number of rotatable bonds is 65. The number of carbonyl (C=O) groups excluding carboxylic acids is 10. The molecule has 4 atom stereocenters. The maximum atomic E-state index is 13.5. The van der Waals surface area contributed by atoms with Gasteiger partial charge in [0.25, 0.3) is 11.8 Å². The molecule has 0 radical (unpaired) electrons. The number of hydrogen-bond acceptors (Lipinski definition) is 15. The average molecular weight is 1670 g/mol. The van der Waals surface area contributed by atoms with E-state index in [1.54, 1.807) is 48.5 Å². The predicted octanol–water partition coefficient (Wildman–Crippen LogP) is 22.5. The quantitative estimate of drug-likeness (QED) is 0.0317. The molecule has 2 amide bonds. The Morgan fingerprint density at radius 3 is 1.02 bits per heavy atom. The summed E-state index contributed by atoms with van der Waals surface area (Å²) >= 11 is 11.9. The number of halogens is 2. The molecule has 2 aliphatic carbocycles. The topological polar surface area (TPSA) is 246 Å². The summed E-state index contributed by atoms with van der Waals surface area (Å²) in [7, 11) is 0. The van der Waals surface area contributed by atoms with E-state index in [1.165, 1.54) is 173 Å². The fraction of sp³-hybridized carbons (Fsp3) is 0.776. The molecule has 2 heterocycles. The third kappa shape index (κ3) is 44.4. The van der Waals surface area contributed by atoms with Crippen LogP contribution in [0.2, 0.25) is 10.0 Å². The van der Waals surface area contributed by atoms with Crippen molar-refractivity contribution in [2.45, 2.75) is 454 Å². The highest BCUT2D eigenvalue weighted by atomic mass is 35.5. The molecule has 4 N–H and O–H groups in total. The summed E-state index contributed by atoms with van der Waals surface area (Å²) in [6.45, 7) is 10.1. The van der Waals surface area contributed by atoms with Gasteiger partial charge in [-0.3, -0.25) is 57.7 Å². The molecular weight excluding hydrogens is 1510 g/mol. The van der Waals surface area contributed by atoms with Crippen molar-refractivity contribution >= 4 is 81.7 Å². The second kappa shape index (κ2) is 62.8. The van der Waals surface area contributed by atoms with Gasteiger partial charge in [0.15, 0.2) is 23.8 Å². The van der Waals surface area contributed by atoms with Crippen molar-refractivity contribution in [3.05, 3.63) is 69.7 Å². The molecule has 2 saturated heterocycles. The number of nitrogens with zero attached hydrogens (tertiary/aromatic N) is 2. The van der Waals surface area contributed by atoms with Crippen molar-refractivity contribution in [2.24, 2.45) is 5.73 Å². The molecule has 4 unspecified atom stereocenters. The molecule has 0 aromatic heterocycles. The van der Waals surface area contributed by atoms with E-state index in [4.69, 9.17) is 38.4 Å². The van der Waals surface area contributed by atoms with Crippen LogP contribution in [0, 0.1) is 0 Å². The molecule has 2 aromatic carbocycles. The molecule has 2 aromatic rings. The monoisotopic (exact) mass is 1670 g/mol. The zero-order chi connectivity index (χ0) is 84.4. The van der Waals surface area contributed by atoms with E-state index in [2.05, 4.69) is 41.2 Å². The van der Waals surface area contributed by atoms with Crippen molar-refractivity contribution < 1.29 is 57.4 Å². The van der Waals surface area contributed by atoms with Crippen LogP contribution in [0.25, 0.3) is 0 Å². The van der Waals surface area contributed by atoms with Gasteiger partial charge in [-0.1, -0.05) is 299 Å². The van der Waals surface area contributed by atoms with Gasteiger partial charge in [0, 0.05) is 97.7 Å². The Hall–Kier alpha value is -5.20. The maximum Gasteiger partial charge on any atom is 0.306 e. The summed E-state index contributed by atoms with van der Waals surface area (Å²) < 4.78 is 11.5. The van der Waals surface area contributed by atoms with Gasteiger partial charge in [0.05, 0.1) is 12.8 Å². The number of ether oxygens (including phenoxy) is 2. The molecular formula is C98H159Cl2N5O12. The van der Waals surface area contributed by atoms with Gasteiger partial charge in [0.1, 0.15) is 11.6 Å². The van der Waals surface area contributed by atoms with Crippen LogP contribution >= 0.6 is 23.2 Å². The van der Waals surface area contributed by atoms with Gasteiger partial charge in [-0.15, -0.1) is 0 Å². The lowest BCUT2D eigenvalue weighted by Gasteiger charge is -2.52. The second-order valence-corrected chi connectivity index (χ2v) is 36.2. The Balaban J connectivity index is 0.000000417. The molecule has 0 bridgehead atoms. The smallest absolute Gasteiger partial charge is 0.306 e. The highest BCUT2D eigenvalue weighted by Gasteiger charge is 2.45. The maximum absolute atomic E-state index is 13.5. The SMILES string of the molecule is CCCCCCCCCCCCCCCCCC(=O)CCC(=O)OC(CCCCC)C(=O)CCCN1CCC(NC(=O)C(=O)Cc2ccc(Cl)cc2)CC12CCCCC2.CCCCCCCCCCCCCCCCCC(=O)CCC(=O)OC(CCCN)C(=O)CCCN1CCC(NC(=O)C(=O)Cc2ccc(Cl)cc2)CC12CCCCC2. The minimum absolute atomic E-state index is 0.00467. The lowest BCUT2D eigenvalue weighted by molar-refractivity contribution is -0.156. The lowest BCUT2D eigenvalue weighted by atomic mass is 9.73. The second-order valence-electron chi connectivity index (χ2n) is 35.3. The Bertz CT molecular complexity index is 3120. The number of hydrogen-bond donors (Lipinski definition) is 3. The number of nitrogens with two attached hydrogens (primary N) is 1. The molecule has 2 aliphatic heterocycles. The van der Waals surface area contributed by atoms with Gasteiger partial charge in [-0.2, -0.15) is 0 Å². The van der Waals surface area contributed by atoms with E-state index < -0.39 is 47.5 Å². The molecule has 2 spiro atoms. The summed E-state index contributed by atoms with van der Waals surface area (Å²) in [6.07, 6.45) is 58.8. The Kier molecular flexibility index (Phi) is 55.0. The van der Waals surface area contributed by atoms with E-state index >= 15 is 0 Å². The van der Waals surface area contributed by atoms with Crippen LogP contribution in [0.5, 0.6) is 0 Å². The van der Waals surface area contributed by atoms with Crippen LogP contribution in [0.15, 0.2) is 48.5 Å². The minimum atomic E-state index is -0.836. The number of Topliss-reactive ketones (excluding diaryl/α,β-unsaturated/α-hetero) is 6. The van der Waals surface area contributed by atoms with E-state index in [-0.39, 0.29) is 84.8 Å². The molecule has 2 saturated carbocycles. The number of ketones is 6. The fourth-order valence-electron chi connectivity index (χ4n) is 18.4. The standard InChI is InChI=1S/C50H81ClN2O6.C48H78ClN3O6/c1-3-5-7-8-9-10-11-12-13-14-15-16-17-18-21-25-44(54)32-33-48(57)59-47(27-20-6-4-2)45(55)26-24-37-53-38-34-43(40-50(53)35-22-19-23-36-50)52-49(58)46(56)39-41-28-30-42(51)31-29-41;1-2-3-4-5-6-7-8-9-10-11-12-13-14-15-17-22-42(53)29-30-46(56)58-45(24-20-34-50)43(54)23-21-35-52-36-31-41(38-48(52)32-18-16-19-33-48)51-47(57)44(55)37-39-25-27-40(49)28-26-39/h28-31,43,47H,3-27,32-40H2,1-2H3,(H,52,58);25-28,41,45H,2-24,29-38,50H2,1H3,(H,51,57). The lowest BCUT2D eigenvalue weighted by Crippen LogP contribution is -2.59. The first-order valence-electron chi connectivity index (χ1n) is 47.7. The number of carbonyl (C=O) groups is 10. The Morgan fingerprint density at radius 2 is 0.692 bits per heavy atom. The highest BCUT2D eigenvalue weighted by molar-refractivity contribution is 6.37. The zero-order valence-corrected chi connectivity index (χ0v) is 74.9. The first-order valence-corrected chi connectivity index (χ1v) is 48.4. The van der Waals surface area contributed by atoms with Crippen molar-refractivity contribution in [2.75, 3.05) is 32.7 Å². The largest absolute Gasteiger partial charge is 0.454 e. The first-order chi connectivity index (χ1) is 56.8. The summed E-state index contributed by atoms with van der Waals surface area (Å²) in [5.41, 5.74) is 7.16. The third-order valence-electron chi connectivity index (χ3n) is 25.4. The van der Waals surface area contributed by atoms with E-state index in [0.29, 0.717) is 74.4 Å². The Labute approximate surface area is 717 Å². The van der Waals surface area contributed by atoms with Crippen molar-refractivity contribution in [3.63, 3.8) is 0 Å². The van der Waals surface area contributed by atoms with Gasteiger partial charge >= 0.3 is 11.9 Å². The number of esters is 2. The Morgan fingerprint density at radius 1 is 0.385 bits per heavy atom. The highest BCUT2D eigenvalue weighted by Crippen LogP contribution is 2.43. The molecule has 17 nitrogen and oxygen atoms in total. The van der Waals surface area contributed by atoms with Crippen molar-refractivity contribution in [1.29, 1.82) is 0 Å². The molecule has 6 rings (SSSR count). The minimum Gasteiger partial charge on any atom is -0.454 e. The molecule has 662 valence electrons. The predicted molar refractivity (Wildman–Crippen MR) is 476 cm³/mol. The number of benzene rings is 2. The van der Waals surface area contributed by atoms with Gasteiger partial charge < -0.3 is 25.8 Å². The molecule has 19 heteroatoms. The van der Waals surface area contributed by atoms with E-state index in [9.17, 15) is 47.9 Å². The molecule has 117 heavy (non-hydrogen) atoms. The normalized spacial score (nSPS) is 17.1. The van der Waals surface area contributed by atoms with E-state index in [0.717, 1.165) is 166 Å². The van der Waals surface area contributed by atoms with Crippen molar-refractivity contribution in [1.82, 2.24) is 20.4 Å². The summed E-state index contributed by atoms with van der Waals surface area (Å²) in [5, 5.41) is 7.28. The molecule has 4 aliphatic rings. The number of likely N-dealkylation sites (tertiary alicyclic amines) is 2.